The van der Waals surface area contributed by atoms with Crippen LogP contribution in [0.4, 0.5) is 0 Å². The molecule has 0 atom stereocenters. The second kappa shape index (κ2) is 8.31. The predicted molar refractivity (Wildman–Crippen MR) is 130 cm³/mol. The molecule has 0 aliphatic rings. The highest BCUT2D eigenvalue weighted by Crippen LogP contribution is 2.28. The number of hydrogen-bond acceptors (Lipinski definition) is 1. The number of H-pyrrole nitrogens is 1. The molecule has 0 saturated carbocycles. The minimum Gasteiger partial charge on any atom is -0.354 e. The number of aromatic nitrogens is 1. The number of carbonyl (C=O) groups excluding carboxylic acids is 1. The van der Waals surface area contributed by atoms with Gasteiger partial charge >= 0.3 is 0 Å². The molecule has 31 heavy (non-hydrogen) atoms. The van der Waals surface area contributed by atoms with Crippen molar-refractivity contribution in [2.24, 2.45) is 0 Å². The first-order chi connectivity index (χ1) is 15.3. The number of para-hydroxylation sites is 2. The van der Waals surface area contributed by atoms with Crippen molar-refractivity contribution >= 4 is 39.4 Å². The van der Waals surface area contributed by atoms with Crippen molar-refractivity contribution in [3.8, 4) is 0 Å². The zero-order chi connectivity index (χ0) is 21.0. The molecular weight excluding hydrogens is 378 g/mol. The van der Waals surface area contributed by atoms with E-state index in [0.29, 0.717) is 5.57 Å². The van der Waals surface area contributed by atoms with Crippen LogP contribution >= 0.6 is 0 Å². The first-order valence-electron chi connectivity index (χ1n) is 10.4. The van der Waals surface area contributed by atoms with Crippen molar-refractivity contribution in [3.05, 3.63) is 125 Å². The number of benzene rings is 4. The number of hydrogen-bond donors (Lipinski definition) is 1. The largest absolute Gasteiger partial charge is 0.354 e. The smallest absolute Gasteiger partial charge is 0.133 e. The molecule has 0 aliphatic heterocycles. The molecule has 0 unspecified atom stereocenters. The Kier molecular flexibility index (Phi) is 5.06. The van der Waals surface area contributed by atoms with Gasteiger partial charge in [-0.3, -0.25) is 0 Å². The maximum absolute atomic E-state index is 11.3. The summed E-state index contributed by atoms with van der Waals surface area (Å²) in [7, 11) is 0. The highest BCUT2D eigenvalue weighted by Gasteiger charge is 2.08. The molecular formula is C29H21NO. The summed E-state index contributed by atoms with van der Waals surface area (Å²) in [6.07, 6.45) is 4.63. The molecule has 0 spiro atoms. The average Bonchev–Trinajstić information content (AvgIpc) is 3.21. The van der Waals surface area contributed by atoms with Gasteiger partial charge < -0.3 is 4.98 Å². The zero-order valence-corrected chi connectivity index (χ0v) is 17.0. The SMILES string of the molecule is O=C=C(/C=C/c1ccc(Cc2cccc3c2[nH]c2ccccc23)cc1)c1ccccc1. The van der Waals surface area contributed by atoms with E-state index in [2.05, 4.69) is 71.7 Å². The Morgan fingerprint density at radius 1 is 0.774 bits per heavy atom. The van der Waals surface area contributed by atoms with Crippen LogP contribution in [-0.4, -0.2) is 10.9 Å². The van der Waals surface area contributed by atoms with E-state index in [-0.39, 0.29) is 0 Å². The Labute approximate surface area is 181 Å². The van der Waals surface area contributed by atoms with E-state index in [1.165, 1.54) is 32.9 Å². The number of aromatic amines is 1. The molecule has 2 heteroatoms. The monoisotopic (exact) mass is 399 g/mol. The van der Waals surface area contributed by atoms with Crippen LogP contribution in [0.25, 0.3) is 33.5 Å². The summed E-state index contributed by atoms with van der Waals surface area (Å²) in [5.74, 6) is 2.04. The molecule has 1 aromatic heterocycles. The molecule has 0 radical (unpaired) electrons. The van der Waals surface area contributed by atoms with Crippen LogP contribution in [0.5, 0.6) is 0 Å². The van der Waals surface area contributed by atoms with Gasteiger partial charge in [0.05, 0.1) is 11.1 Å². The average molecular weight is 399 g/mol. The number of allylic oxidation sites excluding steroid dienone is 2. The highest BCUT2D eigenvalue weighted by atomic mass is 16.1. The Morgan fingerprint density at radius 2 is 1.52 bits per heavy atom. The third kappa shape index (κ3) is 3.85. The van der Waals surface area contributed by atoms with E-state index >= 15 is 0 Å². The molecule has 0 bridgehead atoms. The molecule has 2 nitrogen and oxygen atoms in total. The van der Waals surface area contributed by atoms with Crippen LogP contribution in [-0.2, 0) is 11.2 Å². The minimum absolute atomic E-state index is 0.551. The lowest BCUT2D eigenvalue weighted by molar-refractivity contribution is 0.569. The van der Waals surface area contributed by atoms with Gasteiger partial charge in [-0.05, 0) is 40.8 Å². The predicted octanol–water partition coefficient (Wildman–Crippen LogP) is 6.84. The maximum atomic E-state index is 11.3. The van der Waals surface area contributed by atoms with Crippen molar-refractivity contribution in [3.63, 3.8) is 0 Å². The number of nitrogens with one attached hydrogen (secondary N) is 1. The summed E-state index contributed by atoms with van der Waals surface area (Å²) in [6.45, 7) is 0. The maximum Gasteiger partial charge on any atom is 0.133 e. The summed E-state index contributed by atoms with van der Waals surface area (Å²) in [4.78, 5) is 14.9. The van der Waals surface area contributed by atoms with E-state index in [1.54, 1.807) is 0 Å². The molecule has 5 rings (SSSR count). The third-order valence-corrected chi connectivity index (χ3v) is 5.64. The van der Waals surface area contributed by atoms with Crippen LogP contribution < -0.4 is 0 Å². The van der Waals surface area contributed by atoms with Gasteiger partial charge in [-0.15, -0.1) is 0 Å². The second-order valence-electron chi connectivity index (χ2n) is 7.64. The van der Waals surface area contributed by atoms with E-state index < -0.39 is 0 Å². The Bertz CT molecular complexity index is 1430. The zero-order valence-electron chi connectivity index (χ0n) is 17.0. The lowest BCUT2D eigenvalue weighted by Gasteiger charge is -2.05. The Hall–Kier alpha value is -4.13. The minimum atomic E-state index is 0.551. The van der Waals surface area contributed by atoms with Crippen molar-refractivity contribution in [1.82, 2.24) is 4.98 Å². The van der Waals surface area contributed by atoms with Crippen LogP contribution in [0.2, 0.25) is 0 Å². The lowest BCUT2D eigenvalue weighted by atomic mass is 10.0. The molecule has 1 N–H and O–H groups in total. The van der Waals surface area contributed by atoms with Crippen molar-refractivity contribution in [1.29, 1.82) is 0 Å². The highest BCUT2D eigenvalue weighted by molar-refractivity contribution is 6.08. The first kappa shape index (κ1) is 18.9. The van der Waals surface area contributed by atoms with Crippen LogP contribution in [0, 0.1) is 0 Å². The van der Waals surface area contributed by atoms with Crippen LogP contribution in [0.1, 0.15) is 22.3 Å². The topological polar surface area (TPSA) is 32.9 Å². The number of rotatable bonds is 5. The molecule has 0 aliphatic carbocycles. The Morgan fingerprint density at radius 3 is 2.32 bits per heavy atom. The summed E-state index contributed by atoms with van der Waals surface area (Å²) in [5, 5.41) is 2.53. The number of fused-ring (bicyclic) bond motifs is 3. The van der Waals surface area contributed by atoms with Gasteiger partial charge in [0.1, 0.15) is 5.94 Å². The van der Waals surface area contributed by atoms with Gasteiger partial charge in [0.15, 0.2) is 0 Å². The van der Waals surface area contributed by atoms with Crippen molar-refractivity contribution in [2.45, 2.75) is 6.42 Å². The molecule has 5 aromatic rings. The third-order valence-electron chi connectivity index (χ3n) is 5.64. The Balaban J connectivity index is 1.38. The van der Waals surface area contributed by atoms with Gasteiger partial charge in [0.25, 0.3) is 0 Å². The van der Waals surface area contributed by atoms with E-state index in [9.17, 15) is 4.79 Å². The van der Waals surface area contributed by atoms with Crippen molar-refractivity contribution < 1.29 is 4.79 Å². The van der Waals surface area contributed by atoms with Crippen LogP contribution in [0.15, 0.2) is 103 Å². The van der Waals surface area contributed by atoms with Crippen LogP contribution in [0.3, 0.4) is 0 Å². The lowest BCUT2D eigenvalue weighted by Crippen LogP contribution is -1.90. The van der Waals surface area contributed by atoms with Gasteiger partial charge in [-0.1, -0.05) is 97.1 Å². The van der Waals surface area contributed by atoms with Gasteiger partial charge in [-0.25, -0.2) is 4.79 Å². The van der Waals surface area contributed by atoms with Crippen molar-refractivity contribution in [2.75, 3.05) is 0 Å². The van der Waals surface area contributed by atoms with E-state index in [4.69, 9.17) is 0 Å². The standard InChI is InChI=1S/C29H21NO/c31-20-25(23-7-2-1-3-8-23)18-17-21-13-15-22(16-14-21)19-24-9-6-11-27-26-10-4-5-12-28(26)30-29(24)27/h1-18,30H,19H2/b18-17+. The fourth-order valence-electron chi connectivity index (χ4n) is 4.03. The second-order valence-corrected chi connectivity index (χ2v) is 7.64. The summed E-state index contributed by atoms with van der Waals surface area (Å²) in [6, 6.07) is 33.0. The normalized spacial score (nSPS) is 11.2. The van der Waals surface area contributed by atoms with Gasteiger partial charge in [-0.2, -0.15) is 0 Å². The van der Waals surface area contributed by atoms with E-state index in [0.717, 1.165) is 17.5 Å². The molecule has 0 fully saturated rings. The summed E-state index contributed by atoms with van der Waals surface area (Å²) >= 11 is 0. The fourth-order valence-corrected chi connectivity index (χ4v) is 4.03. The van der Waals surface area contributed by atoms with Gasteiger partial charge in [0, 0.05) is 16.3 Å². The van der Waals surface area contributed by atoms with E-state index in [1.807, 2.05) is 48.4 Å². The first-order valence-corrected chi connectivity index (χ1v) is 10.4. The van der Waals surface area contributed by atoms with Gasteiger partial charge in [0.2, 0.25) is 0 Å². The summed E-state index contributed by atoms with van der Waals surface area (Å²) < 4.78 is 0. The quantitative estimate of drug-likeness (QED) is 0.255. The molecule has 0 amide bonds. The molecule has 1 heterocycles. The molecule has 148 valence electrons. The molecule has 0 saturated heterocycles. The molecule has 4 aromatic carbocycles. The fraction of sp³-hybridized carbons (Fsp3) is 0.0345. The summed E-state index contributed by atoms with van der Waals surface area (Å²) in [5.41, 5.74) is 7.38.